The largest absolute Gasteiger partial charge is 0.462 e. The molecule has 1 aliphatic heterocycles. The Balaban J connectivity index is 1.92. The number of carbonyl (C=O) groups is 2. The van der Waals surface area contributed by atoms with Crippen LogP contribution in [0.15, 0.2) is 40.6 Å². The number of aliphatic imine (C=N–C) groups is 1. The Hall–Kier alpha value is -2.17. The summed E-state index contributed by atoms with van der Waals surface area (Å²) in [6.45, 7) is 4.94. The number of esters is 1. The Bertz CT molecular complexity index is 644. The van der Waals surface area contributed by atoms with Crippen LogP contribution in [0, 0.1) is 5.92 Å². The number of allylic oxidation sites excluding steroid dienone is 4. The second kappa shape index (κ2) is 11.5. The van der Waals surface area contributed by atoms with Crippen LogP contribution in [0.4, 0.5) is 0 Å². The molecule has 0 aromatic heterocycles. The molecule has 2 aliphatic rings. The van der Waals surface area contributed by atoms with Gasteiger partial charge in [-0.05, 0) is 19.4 Å². The van der Waals surface area contributed by atoms with Crippen molar-refractivity contribution in [3.05, 3.63) is 35.6 Å². The lowest BCUT2D eigenvalue weighted by atomic mass is 9.89. The van der Waals surface area contributed by atoms with E-state index in [1.54, 1.807) is 6.92 Å². The van der Waals surface area contributed by atoms with E-state index in [-0.39, 0.29) is 18.1 Å². The molecule has 1 amide bonds. The molecule has 27 heavy (non-hydrogen) atoms. The smallest absolute Gasteiger partial charge is 0.345 e. The molecule has 0 aromatic carbocycles. The van der Waals surface area contributed by atoms with Gasteiger partial charge in [-0.2, -0.15) is 0 Å². The van der Waals surface area contributed by atoms with Gasteiger partial charge >= 0.3 is 5.97 Å². The lowest BCUT2D eigenvalue weighted by molar-refractivity contribution is -0.140. The SMILES string of the molecule is CCCCCCCCCCNC1=C(C(=O)OCC)C(=O)N=C2C=CC=CC21. The van der Waals surface area contributed by atoms with E-state index in [1.807, 2.05) is 24.3 Å². The molecule has 5 nitrogen and oxygen atoms in total. The molecule has 0 spiro atoms. The summed E-state index contributed by atoms with van der Waals surface area (Å²) in [4.78, 5) is 28.8. The molecule has 0 aromatic rings. The molecule has 1 atom stereocenters. The normalized spacial score (nSPS) is 18.4. The highest BCUT2D eigenvalue weighted by atomic mass is 16.5. The molecule has 1 heterocycles. The van der Waals surface area contributed by atoms with Crippen LogP contribution in [-0.2, 0) is 14.3 Å². The fourth-order valence-corrected chi connectivity index (χ4v) is 3.41. The van der Waals surface area contributed by atoms with Gasteiger partial charge in [-0.3, -0.25) is 4.79 Å². The number of nitrogens with one attached hydrogen (secondary N) is 1. The van der Waals surface area contributed by atoms with Gasteiger partial charge in [0.1, 0.15) is 5.57 Å². The first-order chi connectivity index (χ1) is 13.2. The van der Waals surface area contributed by atoms with E-state index in [0.29, 0.717) is 11.4 Å². The van der Waals surface area contributed by atoms with Crippen molar-refractivity contribution in [2.75, 3.05) is 13.2 Å². The van der Waals surface area contributed by atoms with E-state index in [0.717, 1.165) is 19.4 Å². The van der Waals surface area contributed by atoms with Crippen LogP contribution in [0.1, 0.15) is 65.2 Å². The summed E-state index contributed by atoms with van der Waals surface area (Å²) in [5.41, 5.74) is 1.35. The van der Waals surface area contributed by atoms with Gasteiger partial charge in [0.05, 0.1) is 18.2 Å². The Labute approximate surface area is 162 Å². The third-order valence-corrected chi connectivity index (χ3v) is 4.85. The van der Waals surface area contributed by atoms with Crippen LogP contribution in [0.5, 0.6) is 0 Å². The van der Waals surface area contributed by atoms with Crippen molar-refractivity contribution in [3.8, 4) is 0 Å². The number of hydrogen-bond donors (Lipinski definition) is 1. The Morgan fingerprint density at radius 2 is 1.78 bits per heavy atom. The Morgan fingerprint density at radius 3 is 2.48 bits per heavy atom. The Kier molecular flexibility index (Phi) is 9.02. The average molecular weight is 373 g/mol. The van der Waals surface area contributed by atoms with Crippen LogP contribution in [0.3, 0.4) is 0 Å². The van der Waals surface area contributed by atoms with Crippen molar-refractivity contribution >= 4 is 17.6 Å². The molecule has 0 radical (unpaired) electrons. The highest BCUT2D eigenvalue weighted by Gasteiger charge is 2.34. The van der Waals surface area contributed by atoms with Gasteiger partial charge in [0.15, 0.2) is 0 Å². The van der Waals surface area contributed by atoms with Gasteiger partial charge in [-0.1, -0.05) is 70.1 Å². The van der Waals surface area contributed by atoms with Crippen molar-refractivity contribution in [2.24, 2.45) is 10.9 Å². The molecule has 0 saturated carbocycles. The quantitative estimate of drug-likeness (QED) is 0.316. The van der Waals surface area contributed by atoms with E-state index >= 15 is 0 Å². The van der Waals surface area contributed by atoms with E-state index in [9.17, 15) is 9.59 Å². The zero-order valence-corrected chi connectivity index (χ0v) is 16.6. The highest BCUT2D eigenvalue weighted by Crippen LogP contribution is 2.26. The summed E-state index contributed by atoms with van der Waals surface area (Å²) in [5, 5.41) is 3.34. The minimum absolute atomic E-state index is 0.0464. The number of carbonyl (C=O) groups excluding carboxylic acids is 2. The first-order valence-corrected chi connectivity index (χ1v) is 10.3. The third-order valence-electron chi connectivity index (χ3n) is 4.85. The number of nitrogens with zero attached hydrogens (tertiary/aromatic N) is 1. The van der Waals surface area contributed by atoms with Gasteiger partial charge < -0.3 is 10.1 Å². The van der Waals surface area contributed by atoms with Crippen molar-refractivity contribution in [3.63, 3.8) is 0 Å². The van der Waals surface area contributed by atoms with E-state index in [1.165, 1.54) is 38.5 Å². The predicted octanol–water partition coefficient (Wildman–Crippen LogP) is 4.26. The van der Waals surface area contributed by atoms with Crippen molar-refractivity contribution < 1.29 is 14.3 Å². The van der Waals surface area contributed by atoms with Crippen LogP contribution < -0.4 is 5.32 Å². The third kappa shape index (κ3) is 6.19. The first-order valence-electron chi connectivity index (χ1n) is 10.3. The lowest BCUT2D eigenvalue weighted by Crippen LogP contribution is -2.35. The molecule has 1 aliphatic carbocycles. The van der Waals surface area contributed by atoms with Gasteiger partial charge in [-0.15, -0.1) is 0 Å². The Morgan fingerprint density at radius 1 is 1.07 bits per heavy atom. The maximum absolute atomic E-state index is 12.4. The standard InChI is InChI=1S/C22H32N2O3/c1-3-5-6-7-8-9-10-13-16-23-20-17-14-11-12-15-18(17)24-21(25)19(20)22(26)27-4-2/h11-12,14-15,17,23H,3-10,13,16H2,1-2H3. The monoisotopic (exact) mass is 372 g/mol. The molecule has 0 saturated heterocycles. The molecule has 1 N–H and O–H groups in total. The summed E-state index contributed by atoms with van der Waals surface area (Å²) < 4.78 is 5.08. The zero-order chi connectivity index (χ0) is 19.5. The summed E-state index contributed by atoms with van der Waals surface area (Å²) in [6, 6.07) is 0. The van der Waals surface area contributed by atoms with Crippen LogP contribution in [0.25, 0.3) is 0 Å². The fraction of sp³-hybridized carbons (Fsp3) is 0.591. The van der Waals surface area contributed by atoms with Gasteiger partial charge in [0.25, 0.3) is 5.91 Å². The minimum Gasteiger partial charge on any atom is -0.462 e. The minimum atomic E-state index is -0.591. The molecular weight excluding hydrogens is 340 g/mol. The number of hydrogen-bond acceptors (Lipinski definition) is 4. The molecule has 0 bridgehead atoms. The van der Waals surface area contributed by atoms with E-state index < -0.39 is 11.9 Å². The van der Waals surface area contributed by atoms with E-state index in [4.69, 9.17) is 4.74 Å². The first kappa shape index (κ1) is 21.1. The number of amides is 1. The predicted molar refractivity (Wildman–Crippen MR) is 108 cm³/mol. The van der Waals surface area contributed by atoms with Crippen LogP contribution in [0.2, 0.25) is 0 Å². The number of ether oxygens (including phenoxy) is 1. The molecule has 5 heteroatoms. The molecular formula is C22H32N2O3. The maximum Gasteiger partial charge on any atom is 0.345 e. The number of rotatable bonds is 12. The number of fused-ring (bicyclic) bond motifs is 1. The summed E-state index contributed by atoms with van der Waals surface area (Å²) in [6.07, 6.45) is 17.5. The summed E-state index contributed by atoms with van der Waals surface area (Å²) >= 11 is 0. The van der Waals surface area contributed by atoms with Crippen molar-refractivity contribution in [2.45, 2.75) is 65.2 Å². The topological polar surface area (TPSA) is 67.8 Å². The average Bonchev–Trinajstić information content (AvgIpc) is 2.66. The second-order valence-electron chi connectivity index (χ2n) is 6.97. The van der Waals surface area contributed by atoms with Crippen LogP contribution in [-0.4, -0.2) is 30.7 Å². The van der Waals surface area contributed by atoms with Gasteiger partial charge in [0, 0.05) is 12.2 Å². The zero-order valence-electron chi connectivity index (χ0n) is 16.6. The fourth-order valence-electron chi connectivity index (χ4n) is 3.41. The maximum atomic E-state index is 12.4. The van der Waals surface area contributed by atoms with E-state index in [2.05, 4.69) is 17.2 Å². The van der Waals surface area contributed by atoms with Crippen LogP contribution >= 0.6 is 0 Å². The number of dihydropyridines is 1. The summed E-state index contributed by atoms with van der Waals surface area (Å²) in [5.74, 6) is -1.29. The highest BCUT2D eigenvalue weighted by molar-refractivity contribution is 6.24. The van der Waals surface area contributed by atoms with Gasteiger partial charge in [0.2, 0.25) is 0 Å². The summed E-state index contributed by atoms with van der Waals surface area (Å²) in [7, 11) is 0. The van der Waals surface area contributed by atoms with Crippen molar-refractivity contribution in [1.82, 2.24) is 5.32 Å². The second-order valence-corrected chi connectivity index (χ2v) is 6.97. The van der Waals surface area contributed by atoms with Crippen molar-refractivity contribution in [1.29, 1.82) is 0 Å². The lowest BCUT2D eigenvalue weighted by Gasteiger charge is -2.26. The molecule has 1 unspecified atom stereocenters. The molecule has 0 fully saturated rings. The molecule has 148 valence electrons. The number of unbranched alkanes of at least 4 members (excludes halogenated alkanes) is 7. The van der Waals surface area contributed by atoms with Gasteiger partial charge in [-0.25, -0.2) is 9.79 Å². The molecule has 2 rings (SSSR count).